The van der Waals surface area contributed by atoms with Crippen molar-refractivity contribution in [2.75, 3.05) is 20.1 Å². The summed E-state index contributed by atoms with van der Waals surface area (Å²) in [6.07, 6.45) is 1.96. The van der Waals surface area contributed by atoms with Crippen molar-refractivity contribution in [1.29, 1.82) is 0 Å². The lowest BCUT2D eigenvalue weighted by Crippen LogP contribution is -2.50. The maximum absolute atomic E-state index is 11.2. The molecule has 1 saturated heterocycles. The second-order valence-corrected chi connectivity index (χ2v) is 3.28. The molecule has 0 aromatic carbocycles. The predicted octanol–water partition coefficient (Wildman–Crippen LogP) is -1.32. The molecule has 1 rings (SSSR count). The van der Waals surface area contributed by atoms with Gasteiger partial charge in [-0.05, 0) is 19.4 Å². The van der Waals surface area contributed by atoms with Crippen molar-refractivity contribution in [3.8, 4) is 0 Å². The summed E-state index contributed by atoms with van der Waals surface area (Å²) in [5.41, 5.74) is 4.89. The zero-order valence-corrected chi connectivity index (χ0v) is 7.75. The molecule has 0 spiro atoms. The molecular formula is C8H15N3O2. The topological polar surface area (TPSA) is 75.4 Å². The number of likely N-dealkylation sites (N-methyl/N-ethyl adjacent to an activating group) is 1. The summed E-state index contributed by atoms with van der Waals surface area (Å²) in [5, 5.41) is 3.16. The van der Waals surface area contributed by atoms with Crippen LogP contribution in [0, 0.1) is 0 Å². The van der Waals surface area contributed by atoms with Crippen LogP contribution in [0.1, 0.15) is 12.8 Å². The van der Waals surface area contributed by atoms with Crippen LogP contribution in [-0.4, -0.2) is 42.9 Å². The highest BCUT2D eigenvalue weighted by molar-refractivity contribution is 6.34. The van der Waals surface area contributed by atoms with Gasteiger partial charge in [0, 0.05) is 19.6 Å². The van der Waals surface area contributed by atoms with E-state index in [0.29, 0.717) is 0 Å². The van der Waals surface area contributed by atoms with Gasteiger partial charge in [-0.3, -0.25) is 9.59 Å². The highest BCUT2D eigenvalue weighted by Crippen LogP contribution is 2.08. The summed E-state index contributed by atoms with van der Waals surface area (Å²) in [7, 11) is 1.62. The Hall–Kier alpha value is -1.10. The monoisotopic (exact) mass is 185 g/mol. The van der Waals surface area contributed by atoms with E-state index in [4.69, 9.17) is 5.73 Å². The van der Waals surface area contributed by atoms with Crippen LogP contribution >= 0.6 is 0 Å². The first kappa shape index (κ1) is 9.98. The van der Waals surface area contributed by atoms with Crippen LogP contribution in [0.15, 0.2) is 0 Å². The molecule has 3 N–H and O–H groups in total. The van der Waals surface area contributed by atoms with Gasteiger partial charge in [0.15, 0.2) is 0 Å². The molecule has 1 unspecified atom stereocenters. The van der Waals surface area contributed by atoms with Gasteiger partial charge in [-0.25, -0.2) is 0 Å². The number of rotatable bonds is 1. The average Bonchev–Trinajstić information content (AvgIpc) is 2.17. The number of hydrogen-bond donors (Lipinski definition) is 2. The maximum atomic E-state index is 11.2. The van der Waals surface area contributed by atoms with Gasteiger partial charge in [-0.15, -0.1) is 0 Å². The Kier molecular flexibility index (Phi) is 3.25. The molecular weight excluding hydrogens is 170 g/mol. The first-order chi connectivity index (χ1) is 6.13. The summed E-state index contributed by atoms with van der Waals surface area (Å²) in [6.45, 7) is 1.73. The number of nitrogens with two attached hydrogens (primary N) is 1. The van der Waals surface area contributed by atoms with Crippen LogP contribution in [-0.2, 0) is 9.59 Å². The lowest BCUT2D eigenvalue weighted by atomic mass is 10.1. The standard InChI is InChI=1S/C8H15N3O2/c1-11(8(13)7(9)12)6-3-2-4-10-5-6/h6,10H,2-5H2,1H3,(H2,9,12). The Morgan fingerprint density at radius 1 is 1.54 bits per heavy atom. The van der Waals surface area contributed by atoms with E-state index in [9.17, 15) is 9.59 Å². The Bertz CT molecular complexity index is 211. The van der Waals surface area contributed by atoms with Crippen LogP contribution in [0.25, 0.3) is 0 Å². The largest absolute Gasteiger partial charge is 0.361 e. The molecule has 2 amide bonds. The minimum atomic E-state index is -0.881. The number of amides is 2. The zero-order chi connectivity index (χ0) is 9.84. The Morgan fingerprint density at radius 3 is 2.69 bits per heavy atom. The van der Waals surface area contributed by atoms with Gasteiger partial charge in [0.1, 0.15) is 0 Å². The summed E-state index contributed by atoms with van der Waals surface area (Å²) < 4.78 is 0. The third kappa shape index (κ3) is 2.42. The van der Waals surface area contributed by atoms with Crippen molar-refractivity contribution >= 4 is 11.8 Å². The van der Waals surface area contributed by atoms with Crippen molar-refractivity contribution in [3.63, 3.8) is 0 Å². The number of nitrogens with zero attached hydrogens (tertiary/aromatic N) is 1. The Labute approximate surface area is 77.3 Å². The van der Waals surface area contributed by atoms with E-state index in [1.165, 1.54) is 4.90 Å². The summed E-state index contributed by atoms with van der Waals surface area (Å²) >= 11 is 0. The van der Waals surface area contributed by atoms with E-state index in [0.717, 1.165) is 25.9 Å². The number of carbonyl (C=O) groups excluding carboxylic acids is 2. The van der Waals surface area contributed by atoms with Crippen molar-refractivity contribution < 1.29 is 9.59 Å². The lowest BCUT2D eigenvalue weighted by molar-refractivity contribution is -0.144. The summed E-state index contributed by atoms with van der Waals surface area (Å²) in [5.74, 6) is -1.48. The fourth-order valence-corrected chi connectivity index (χ4v) is 1.50. The molecule has 1 atom stereocenters. The van der Waals surface area contributed by atoms with Gasteiger partial charge in [0.05, 0.1) is 0 Å². The predicted molar refractivity (Wildman–Crippen MR) is 47.9 cm³/mol. The Balaban J connectivity index is 2.49. The molecule has 1 aliphatic rings. The first-order valence-electron chi connectivity index (χ1n) is 4.40. The molecule has 1 fully saturated rings. The Morgan fingerprint density at radius 2 is 2.23 bits per heavy atom. The van der Waals surface area contributed by atoms with E-state index in [1.54, 1.807) is 7.05 Å². The van der Waals surface area contributed by atoms with Crippen molar-refractivity contribution in [1.82, 2.24) is 10.2 Å². The van der Waals surface area contributed by atoms with Gasteiger partial charge < -0.3 is 16.0 Å². The molecule has 0 radical (unpaired) electrons. The number of carbonyl (C=O) groups is 2. The average molecular weight is 185 g/mol. The third-order valence-electron chi connectivity index (χ3n) is 2.35. The van der Waals surface area contributed by atoms with Crippen LogP contribution in [0.4, 0.5) is 0 Å². The van der Waals surface area contributed by atoms with Gasteiger partial charge in [-0.2, -0.15) is 0 Å². The SMILES string of the molecule is CN(C(=O)C(N)=O)C1CCCNC1. The quantitative estimate of drug-likeness (QED) is 0.498. The smallest absolute Gasteiger partial charge is 0.311 e. The first-order valence-corrected chi connectivity index (χ1v) is 4.40. The van der Waals surface area contributed by atoms with Crippen molar-refractivity contribution in [2.24, 2.45) is 5.73 Å². The van der Waals surface area contributed by atoms with E-state index in [2.05, 4.69) is 5.32 Å². The number of hydrogen-bond acceptors (Lipinski definition) is 3. The minimum absolute atomic E-state index is 0.105. The van der Waals surface area contributed by atoms with E-state index in [1.807, 2.05) is 0 Å². The highest BCUT2D eigenvalue weighted by Gasteiger charge is 2.24. The highest BCUT2D eigenvalue weighted by atomic mass is 16.2. The molecule has 0 aliphatic carbocycles. The second-order valence-electron chi connectivity index (χ2n) is 3.28. The van der Waals surface area contributed by atoms with Crippen molar-refractivity contribution in [2.45, 2.75) is 18.9 Å². The molecule has 5 nitrogen and oxygen atoms in total. The van der Waals surface area contributed by atoms with Crippen LogP contribution in [0.3, 0.4) is 0 Å². The number of primary amides is 1. The molecule has 0 saturated carbocycles. The van der Waals surface area contributed by atoms with Crippen LogP contribution < -0.4 is 11.1 Å². The number of nitrogens with one attached hydrogen (secondary N) is 1. The summed E-state index contributed by atoms with van der Waals surface area (Å²) in [4.78, 5) is 23.2. The number of piperidine rings is 1. The summed E-state index contributed by atoms with van der Waals surface area (Å²) in [6, 6.07) is 0.105. The van der Waals surface area contributed by atoms with Gasteiger partial charge in [0.2, 0.25) is 0 Å². The van der Waals surface area contributed by atoms with Gasteiger partial charge >= 0.3 is 11.8 Å². The molecule has 1 heterocycles. The third-order valence-corrected chi connectivity index (χ3v) is 2.35. The molecule has 0 aromatic rings. The van der Waals surface area contributed by atoms with Gasteiger partial charge in [0.25, 0.3) is 0 Å². The zero-order valence-electron chi connectivity index (χ0n) is 7.75. The molecule has 74 valence electrons. The van der Waals surface area contributed by atoms with Crippen molar-refractivity contribution in [3.05, 3.63) is 0 Å². The molecule has 5 heteroatoms. The minimum Gasteiger partial charge on any atom is -0.361 e. The normalized spacial score (nSPS) is 22.4. The fraction of sp³-hybridized carbons (Fsp3) is 0.750. The second kappa shape index (κ2) is 4.23. The maximum Gasteiger partial charge on any atom is 0.311 e. The van der Waals surface area contributed by atoms with Crippen LogP contribution in [0.5, 0.6) is 0 Å². The molecule has 13 heavy (non-hydrogen) atoms. The van der Waals surface area contributed by atoms with E-state index in [-0.39, 0.29) is 6.04 Å². The lowest BCUT2D eigenvalue weighted by Gasteiger charge is -2.30. The molecule has 1 aliphatic heterocycles. The molecule has 0 aromatic heterocycles. The van der Waals surface area contributed by atoms with Crippen LogP contribution in [0.2, 0.25) is 0 Å². The molecule has 0 bridgehead atoms. The van der Waals surface area contributed by atoms with E-state index >= 15 is 0 Å². The van der Waals surface area contributed by atoms with Gasteiger partial charge in [-0.1, -0.05) is 0 Å². The fourth-order valence-electron chi connectivity index (χ4n) is 1.50. The van der Waals surface area contributed by atoms with E-state index < -0.39 is 11.8 Å².